The summed E-state index contributed by atoms with van der Waals surface area (Å²) in [5, 5.41) is 3.41. The molecule has 2 rings (SSSR count). The maximum atomic E-state index is 13.0. The summed E-state index contributed by atoms with van der Waals surface area (Å²) in [5.74, 6) is 1.99. The second kappa shape index (κ2) is 6.93. The Morgan fingerprint density at radius 1 is 1.35 bits per heavy atom. The van der Waals surface area contributed by atoms with Crippen LogP contribution >= 0.6 is 0 Å². The van der Waals surface area contributed by atoms with Crippen LogP contribution in [0.5, 0.6) is 0 Å². The molecule has 0 radical (unpaired) electrons. The van der Waals surface area contributed by atoms with Gasteiger partial charge in [-0.3, -0.25) is 4.79 Å². The van der Waals surface area contributed by atoms with Crippen LogP contribution in [0.4, 0.5) is 0 Å². The van der Waals surface area contributed by atoms with Gasteiger partial charge in [0.1, 0.15) is 0 Å². The van der Waals surface area contributed by atoms with Gasteiger partial charge in [-0.15, -0.1) is 0 Å². The van der Waals surface area contributed by atoms with Crippen LogP contribution in [-0.4, -0.2) is 37.0 Å². The van der Waals surface area contributed by atoms with E-state index in [0.29, 0.717) is 5.91 Å². The normalized spacial score (nSPS) is 31.6. The van der Waals surface area contributed by atoms with E-state index in [1.54, 1.807) is 0 Å². The molecule has 1 N–H and O–H groups in total. The highest BCUT2D eigenvalue weighted by Gasteiger charge is 2.42. The van der Waals surface area contributed by atoms with Crippen LogP contribution in [-0.2, 0) is 4.79 Å². The summed E-state index contributed by atoms with van der Waals surface area (Å²) >= 11 is 0. The molecule has 2 aliphatic rings. The van der Waals surface area contributed by atoms with E-state index in [1.807, 2.05) is 0 Å². The van der Waals surface area contributed by atoms with E-state index in [2.05, 4.69) is 31.0 Å². The Morgan fingerprint density at radius 3 is 2.75 bits per heavy atom. The lowest BCUT2D eigenvalue weighted by Gasteiger charge is -2.33. The van der Waals surface area contributed by atoms with Gasteiger partial charge < -0.3 is 10.2 Å². The predicted octanol–water partition coefficient (Wildman–Crippen LogP) is 3.05. The van der Waals surface area contributed by atoms with Crippen molar-refractivity contribution in [2.24, 2.45) is 17.3 Å². The number of carbonyl (C=O) groups is 1. The molecule has 0 aromatic rings. The van der Waals surface area contributed by atoms with Crippen LogP contribution in [0.25, 0.3) is 0 Å². The molecule has 2 heterocycles. The van der Waals surface area contributed by atoms with Crippen molar-refractivity contribution in [2.75, 3.05) is 26.2 Å². The minimum absolute atomic E-state index is 0.0909. The van der Waals surface area contributed by atoms with Crippen molar-refractivity contribution in [2.45, 2.75) is 59.3 Å². The molecule has 2 atom stereocenters. The first kappa shape index (κ1) is 15.8. The van der Waals surface area contributed by atoms with Crippen LogP contribution in [0, 0.1) is 17.3 Å². The molecule has 1 amide bonds. The number of carbonyl (C=O) groups excluding carboxylic acids is 1. The SMILES string of the molecule is CCCC1(C(=O)N2CCCC(C(C)C)CC2)CCNC1. The number of amides is 1. The molecule has 0 spiro atoms. The molecule has 2 aliphatic heterocycles. The van der Waals surface area contributed by atoms with E-state index >= 15 is 0 Å². The lowest BCUT2D eigenvalue weighted by atomic mass is 9.81. The van der Waals surface area contributed by atoms with Gasteiger partial charge in [0.15, 0.2) is 0 Å². The quantitative estimate of drug-likeness (QED) is 0.858. The van der Waals surface area contributed by atoms with Crippen molar-refractivity contribution in [1.82, 2.24) is 10.2 Å². The molecule has 0 aliphatic carbocycles. The zero-order valence-corrected chi connectivity index (χ0v) is 13.6. The molecule has 2 unspecified atom stereocenters. The molecule has 2 fully saturated rings. The number of hydrogen-bond acceptors (Lipinski definition) is 2. The van der Waals surface area contributed by atoms with Crippen LogP contribution < -0.4 is 5.32 Å². The largest absolute Gasteiger partial charge is 0.342 e. The summed E-state index contributed by atoms with van der Waals surface area (Å²) in [6, 6.07) is 0. The van der Waals surface area contributed by atoms with Crippen LogP contribution in [0.2, 0.25) is 0 Å². The third kappa shape index (κ3) is 3.36. The molecule has 2 saturated heterocycles. The second-order valence-electron chi connectivity index (χ2n) is 7.18. The van der Waals surface area contributed by atoms with Crippen LogP contribution in [0.15, 0.2) is 0 Å². The predicted molar refractivity (Wildman–Crippen MR) is 83.6 cm³/mol. The zero-order valence-electron chi connectivity index (χ0n) is 13.6. The Balaban J connectivity index is 2.01. The third-order valence-corrected chi connectivity index (χ3v) is 5.43. The first-order chi connectivity index (χ1) is 9.59. The Bertz CT molecular complexity index is 321. The van der Waals surface area contributed by atoms with Gasteiger partial charge in [0.05, 0.1) is 5.41 Å². The van der Waals surface area contributed by atoms with E-state index in [1.165, 1.54) is 19.3 Å². The van der Waals surface area contributed by atoms with Gasteiger partial charge >= 0.3 is 0 Å². The van der Waals surface area contributed by atoms with Crippen LogP contribution in [0.3, 0.4) is 0 Å². The fraction of sp³-hybridized carbons (Fsp3) is 0.941. The summed E-state index contributed by atoms with van der Waals surface area (Å²) in [5.41, 5.74) is -0.0909. The molecular weight excluding hydrogens is 248 g/mol. The molecule has 116 valence electrons. The summed E-state index contributed by atoms with van der Waals surface area (Å²) in [6.45, 7) is 10.7. The summed E-state index contributed by atoms with van der Waals surface area (Å²) in [4.78, 5) is 15.2. The molecular formula is C17H32N2O. The Labute approximate surface area is 124 Å². The van der Waals surface area contributed by atoms with Gasteiger partial charge in [0, 0.05) is 19.6 Å². The van der Waals surface area contributed by atoms with Gasteiger partial charge in [-0.25, -0.2) is 0 Å². The fourth-order valence-corrected chi connectivity index (χ4v) is 4.05. The van der Waals surface area contributed by atoms with Crippen molar-refractivity contribution in [1.29, 1.82) is 0 Å². The van der Waals surface area contributed by atoms with Crippen molar-refractivity contribution >= 4 is 5.91 Å². The smallest absolute Gasteiger partial charge is 0.230 e. The standard InChI is InChI=1S/C17H32N2O/c1-4-8-17(9-10-18-13-17)16(20)19-11-5-6-15(7-12-19)14(2)3/h14-15,18H,4-13H2,1-3H3. The van der Waals surface area contributed by atoms with Gasteiger partial charge in [-0.1, -0.05) is 27.2 Å². The highest BCUT2D eigenvalue weighted by molar-refractivity contribution is 5.83. The average molecular weight is 280 g/mol. The number of rotatable bonds is 4. The van der Waals surface area contributed by atoms with E-state index in [-0.39, 0.29) is 5.41 Å². The van der Waals surface area contributed by atoms with E-state index in [4.69, 9.17) is 0 Å². The van der Waals surface area contributed by atoms with Crippen LogP contribution in [0.1, 0.15) is 59.3 Å². The average Bonchev–Trinajstić information content (AvgIpc) is 2.75. The molecule has 0 saturated carbocycles. The summed E-state index contributed by atoms with van der Waals surface area (Å²) in [6.07, 6.45) is 6.85. The van der Waals surface area contributed by atoms with E-state index in [0.717, 1.165) is 57.3 Å². The van der Waals surface area contributed by atoms with Crippen molar-refractivity contribution in [3.63, 3.8) is 0 Å². The maximum absolute atomic E-state index is 13.0. The van der Waals surface area contributed by atoms with Gasteiger partial charge in [0.2, 0.25) is 5.91 Å². The second-order valence-corrected chi connectivity index (χ2v) is 7.18. The molecule has 0 aromatic carbocycles. The van der Waals surface area contributed by atoms with Crippen molar-refractivity contribution in [3.8, 4) is 0 Å². The highest BCUT2D eigenvalue weighted by Crippen LogP contribution is 2.35. The number of nitrogens with one attached hydrogen (secondary N) is 1. The van der Waals surface area contributed by atoms with Gasteiger partial charge in [0.25, 0.3) is 0 Å². The van der Waals surface area contributed by atoms with E-state index < -0.39 is 0 Å². The fourth-order valence-electron chi connectivity index (χ4n) is 4.05. The van der Waals surface area contributed by atoms with Crippen molar-refractivity contribution < 1.29 is 4.79 Å². The highest BCUT2D eigenvalue weighted by atomic mass is 16.2. The zero-order chi connectivity index (χ0) is 14.6. The third-order valence-electron chi connectivity index (χ3n) is 5.43. The maximum Gasteiger partial charge on any atom is 0.230 e. The lowest BCUT2D eigenvalue weighted by Crippen LogP contribution is -2.45. The monoisotopic (exact) mass is 280 g/mol. The summed E-state index contributed by atoms with van der Waals surface area (Å²) in [7, 11) is 0. The topological polar surface area (TPSA) is 32.3 Å². The molecule has 0 aromatic heterocycles. The minimum atomic E-state index is -0.0909. The van der Waals surface area contributed by atoms with Gasteiger partial charge in [-0.05, 0) is 50.5 Å². The number of likely N-dealkylation sites (tertiary alicyclic amines) is 1. The molecule has 3 heteroatoms. The Morgan fingerprint density at radius 2 is 2.15 bits per heavy atom. The summed E-state index contributed by atoms with van der Waals surface area (Å²) < 4.78 is 0. The van der Waals surface area contributed by atoms with Crippen molar-refractivity contribution in [3.05, 3.63) is 0 Å². The Hall–Kier alpha value is -0.570. The Kier molecular flexibility index (Phi) is 5.48. The van der Waals surface area contributed by atoms with Gasteiger partial charge in [-0.2, -0.15) is 0 Å². The number of hydrogen-bond donors (Lipinski definition) is 1. The number of nitrogens with zero attached hydrogens (tertiary/aromatic N) is 1. The molecule has 3 nitrogen and oxygen atoms in total. The first-order valence-corrected chi connectivity index (χ1v) is 8.59. The lowest BCUT2D eigenvalue weighted by molar-refractivity contribution is -0.141. The molecule has 0 bridgehead atoms. The minimum Gasteiger partial charge on any atom is -0.342 e. The molecule has 20 heavy (non-hydrogen) atoms. The van der Waals surface area contributed by atoms with E-state index in [9.17, 15) is 4.79 Å². The first-order valence-electron chi connectivity index (χ1n) is 8.59.